The lowest BCUT2D eigenvalue weighted by molar-refractivity contribution is -0.149. The van der Waals surface area contributed by atoms with Crippen molar-refractivity contribution in [2.45, 2.75) is 63.3 Å². The molecule has 1 aliphatic carbocycles. The Morgan fingerprint density at radius 1 is 1.15 bits per heavy atom. The molecule has 2 fully saturated rings. The van der Waals surface area contributed by atoms with E-state index >= 15 is 0 Å². The summed E-state index contributed by atoms with van der Waals surface area (Å²) < 4.78 is 5.30. The first-order valence-corrected chi connectivity index (χ1v) is 7.74. The minimum absolute atomic E-state index is 0.110. The van der Waals surface area contributed by atoms with Gasteiger partial charge in [-0.3, -0.25) is 4.79 Å². The van der Waals surface area contributed by atoms with E-state index in [-0.39, 0.29) is 5.91 Å². The summed E-state index contributed by atoms with van der Waals surface area (Å²) >= 11 is 0. The van der Waals surface area contributed by atoms with E-state index in [1.165, 1.54) is 0 Å². The molecule has 1 saturated carbocycles. The third-order valence-electron chi connectivity index (χ3n) is 4.62. The molecule has 0 aromatic rings. The maximum Gasteiger partial charge on any atom is 0.329 e. The van der Waals surface area contributed by atoms with E-state index in [1.54, 1.807) is 0 Å². The van der Waals surface area contributed by atoms with Crippen LogP contribution >= 0.6 is 0 Å². The van der Waals surface area contributed by atoms with Crippen LogP contribution in [-0.4, -0.2) is 35.7 Å². The van der Waals surface area contributed by atoms with Gasteiger partial charge in [0.25, 0.3) is 0 Å². The van der Waals surface area contributed by atoms with Crippen molar-refractivity contribution in [1.29, 1.82) is 0 Å². The van der Waals surface area contributed by atoms with Crippen LogP contribution in [0, 0.1) is 5.92 Å². The summed E-state index contributed by atoms with van der Waals surface area (Å²) in [6, 6.07) is 0. The Bertz CT molecular complexity index is 344. The van der Waals surface area contributed by atoms with Crippen LogP contribution in [0.1, 0.15) is 57.8 Å². The number of aliphatic carboxylic acids is 1. The number of carbonyl (C=O) groups is 2. The first kappa shape index (κ1) is 15.3. The van der Waals surface area contributed by atoms with E-state index < -0.39 is 11.5 Å². The van der Waals surface area contributed by atoms with Crippen molar-refractivity contribution in [3.63, 3.8) is 0 Å². The molecule has 1 amide bonds. The normalized spacial score (nSPS) is 23.2. The Morgan fingerprint density at radius 2 is 1.80 bits per heavy atom. The maximum atomic E-state index is 12.1. The van der Waals surface area contributed by atoms with E-state index in [9.17, 15) is 14.7 Å². The fourth-order valence-electron chi connectivity index (χ4n) is 3.25. The standard InChI is InChI=1S/C15H25NO4/c17-13(5-4-12-6-10-20-11-7-12)16-15(14(18)19)8-2-1-3-9-15/h12H,1-11H2,(H,16,17)(H,18,19). The lowest BCUT2D eigenvalue weighted by Gasteiger charge is -2.34. The molecule has 20 heavy (non-hydrogen) atoms. The zero-order chi connectivity index (χ0) is 14.4. The van der Waals surface area contributed by atoms with Gasteiger partial charge in [0.15, 0.2) is 0 Å². The second kappa shape index (κ2) is 7.07. The summed E-state index contributed by atoms with van der Waals surface area (Å²) in [7, 11) is 0. The van der Waals surface area contributed by atoms with Crippen molar-refractivity contribution in [2.75, 3.05) is 13.2 Å². The Kier molecular flexibility index (Phi) is 5.40. The highest BCUT2D eigenvalue weighted by Gasteiger charge is 2.40. The number of amides is 1. The van der Waals surface area contributed by atoms with Crippen molar-refractivity contribution in [3.05, 3.63) is 0 Å². The van der Waals surface area contributed by atoms with Crippen molar-refractivity contribution in [2.24, 2.45) is 5.92 Å². The smallest absolute Gasteiger partial charge is 0.329 e. The minimum atomic E-state index is -1.01. The molecule has 5 nitrogen and oxygen atoms in total. The highest BCUT2D eigenvalue weighted by molar-refractivity contribution is 5.87. The summed E-state index contributed by atoms with van der Waals surface area (Å²) in [5.74, 6) is -0.445. The van der Waals surface area contributed by atoms with Crippen LogP contribution in [0.5, 0.6) is 0 Å². The van der Waals surface area contributed by atoms with Gasteiger partial charge < -0.3 is 15.2 Å². The third-order valence-corrected chi connectivity index (χ3v) is 4.62. The first-order valence-electron chi connectivity index (χ1n) is 7.74. The van der Waals surface area contributed by atoms with Gasteiger partial charge in [-0.25, -0.2) is 4.79 Å². The molecule has 0 spiro atoms. The first-order chi connectivity index (χ1) is 9.62. The van der Waals surface area contributed by atoms with Crippen LogP contribution in [-0.2, 0) is 14.3 Å². The Labute approximate surface area is 120 Å². The van der Waals surface area contributed by atoms with Gasteiger partial charge in [-0.05, 0) is 38.0 Å². The number of carboxylic acid groups (broad SMARTS) is 1. The molecule has 0 aromatic carbocycles. The average molecular weight is 283 g/mol. The summed E-state index contributed by atoms with van der Waals surface area (Å²) in [5, 5.41) is 12.2. The average Bonchev–Trinajstić information content (AvgIpc) is 2.47. The lowest BCUT2D eigenvalue weighted by Crippen LogP contribution is -2.55. The molecule has 2 aliphatic rings. The van der Waals surface area contributed by atoms with Gasteiger partial charge in [-0.15, -0.1) is 0 Å². The number of hydrogen-bond donors (Lipinski definition) is 2. The molecular formula is C15H25NO4. The van der Waals surface area contributed by atoms with Crippen molar-refractivity contribution >= 4 is 11.9 Å². The Balaban J connectivity index is 1.80. The van der Waals surface area contributed by atoms with Crippen LogP contribution in [0.3, 0.4) is 0 Å². The highest BCUT2D eigenvalue weighted by Crippen LogP contribution is 2.29. The quantitative estimate of drug-likeness (QED) is 0.810. The Morgan fingerprint density at radius 3 is 2.40 bits per heavy atom. The third kappa shape index (κ3) is 3.95. The molecule has 2 N–H and O–H groups in total. The van der Waals surface area contributed by atoms with Gasteiger partial charge in [-0.2, -0.15) is 0 Å². The van der Waals surface area contributed by atoms with Crippen molar-refractivity contribution in [1.82, 2.24) is 5.32 Å². The molecule has 0 atom stereocenters. The van der Waals surface area contributed by atoms with Crippen LogP contribution in [0.25, 0.3) is 0 Å². The molecule has 2 rings (SSSR count). The molecular weight excluding hydrogens is 258 g/mol. The van der Waals surface area contributed by atoms with E-state index in [4.69, 9.17) is 4.74 Å². The van der Waals surface area contributed by atoms with Gasteiger partial charge in [0.05, 0.1) is 0 Å². The number of hydrogen-bond acceptors (Lipinski definition) is 3. The number of rotatable bonds is 5. The van der Waals surface area contributed by atoms with E-state index in [1.807, 2.05) is 0 Å². The van der Waals surface area contributed by atoms with Gasteiger partial charge in [0.1, 0.15) is 5.54 Å². The monoisotopic (exact) mass is 283 g/mol. The number of nitrogens with one attached hydrogen (secondary N) is 1. The molecule has 1 aliphatic heterocycles. The van der Waals surface area contributed by atoms with Gasteiger partial charge >= 0.3 is 5.97 Å². The SMILES string of the molecule is O=C(CCC1CCOCC1)NC1(C(=O)O)CCCCC1. The maximum absolute atomic E-state index is 12.1. The zero-order valence-electron chi connectivity index (χ0n) is 12.0. The molecule has 1 heterocycles. The predicted molar refractivity (Wildman–Crippen MR) is 74.4 cm³/mol. The molecule has 0 radical (unpaired) electrons. The van der Waals surface area contributed by atoms with Crippen LogP contribution in [0.2, 0.25) is 0 Å². The molecule has 114 valence electrons. The minimum Gasteiger partial charge on any atom is -0.480 e. The summed E-state index contributed by atoms with van der Waals surface area (Å²) in [4.78, 5) is 23.5. The largest absolute Gasteiger partial charge is 0.480 e. The molecule has 5 heteroatoms. The second-order valence-corrected chi connectivity index (χ2v) is 6.09. The highest BCUT2D eigenvalue weighted by atomic mass is 16.5. The Hall–Kier alpha value is -1.10. The van der Waals surface area contributed by atoms with Crippen molar-refractivity contribution < 1.29 is 19.4 Å². The van der Waals surface area contributed by atoms with Crippen LogP contribution in [0.15, 0.2) is 0 Å². The summed E-state index contributed by atoms with van der Waals surface area (Å²) in [6.45, 7) is 1.57. The number of carboxylic acids is 1. The lowest BCUT2D eigenvalue weighted by atomic mass is 9.81. The van der Waals surface area contributed by atoms with E-state index in [0.717, 1.165) is 51.7 Å². The zero-order valence-corrected chi connectivity index (χ0v) is 12.0. The number of ether oxygens (including phenoxy) is 1. The molecule has 0 bridgehead atoms. The molecule has 0 unspecified atom stereocenters. The summed E-state index contributed by atoms with van der Waals surface area (Å²) in [5.41, 5.74) is -1.01. The van der Waals surface area contributed by atoms with E-state index in [0.29, 0.717) is 25.2 Å². The van der Waals surface area contributed by atoms with Gasteiger partial charge in [0.2, 0.25) is 5.91 Å². The molecule has 0 aromatic heterocycles. The van der Waals surface area contributed by atoms with E-state index in [2.05, 4.69) is 5.32 Å². The van der Waals surface area contributed by atoms with Crippen LogP contribution in [0.4, 0.5) is 0 Å². The van der Waals surface area contributed by atoms with Gasteiger partial charge in [-0.1, -0.05) is 19.3 Å². The molecule has 1 saturated heterocycles. The van der Waals surface area contributed by atoms with Crippen LogP contribution < -0.4 is 5.32 Å². The number of carbonyl (C=O) groups excluding carboxylic acids is 1. The fourth-order valence-corrected chi connectivity index (χ4v) is 3.25. The second-order valence-electron chi connectivity index (χ2n) is 6.09. The fraction of sp³-hybridized carbons (Fsp3) is 0.867. The topological polar surface area (TPSA) is 75.6 Å². The summed E-state index contributed by atoms with van der Waals surface area (Å²) in [6.07, 6.45) is 7.24. The predicted octanol–water partition coefficient (Wildman–Crippen LogP) is 2.10. The van der Waals surface area contributed by atoms with Gasteiger partial charge in [0, 0.05) is 19.6 Å². The van der Waals surface area contributed by atoms with Crippen molar-refractivity contribution in [3.8, 4) is 0 Å².